The van der Waals surface area contributed by atoms with Gasteiger partial charge in [0.05, 0.1) is 6.10 Å². The first kappa shape index (κ1) is 14.3. The van der Waals surface area contributed by atoms with E-state index in [2.05, 4.69) is 46.5 Å². The van der Waals surface area contributed by atoms with Crippen LogP contribution < -0.4 is 10.1 Å². The third kappa shape index (κ3) is 4.53. The molecule has 0 fully saturated rings. The molecule has 4 heteroatoms. The summed E-state index contributed by atoms with van der Waals surface area (Å²) in [6, 6.07) is 10.3. The van der Waals surface area contributed by atoms with E-state index in [4.69, 9.17) is 4.74 Å². The predicted molar refractivity (Wildman–Crippen MR) is 81.2 cm³/mol. The molecule has 0 atom stereocenters. The van der Waals surface area contributed by atoms with E-state index < -0.39 is 0 Å². The lowest BCUT2D eigenvalue weighted by atomic mass is 10.1. The lowest BCUT2D eigenvalue weighted by molar-refractivity contribution is 0.232. The smallest absolute Gasteiger partial charge is 0.225 e. The molecule has 1 N–H and O–H groups in total. The molecule has 106 valence electrons. The highest BCUT2D eigenvalue weighted by Gasteiger charge is 2.02. The molecule has 0 aliphatic carbocycles. The van der Waals surface area contributed by atoms with Gasteiger partial charge in [-0.1, -0.05) is 29.8 Å². The Labute approximate surface area is 120 Å². The highest BCUT2D eigenvalue weighted by atomic mass is 16.5. The van der Waals surface area contributed by atoms with Crippen LogP contribution >= 0.6 is 0 Å². The third-order valence-electron chi connectivity index (χ3n) is 2.77. The van der Waals surface area contributed by atoms with Crippen molar-refractivity contribution < 1.29 is 4.74 Å². The molecule has 1 heterocycles. The zero-order chi connectivity index (χ0) is 14.4. The number of benzene rings is 1. The zero-order valence-electron chi connectivity index (χ0n) is 12.3. The molecule has 1 aromatic carbocycles. The van der Waals surface area contributed by atoms with Gasteiger partial charge in [-0.15, -0.1) is 0 Å². The predicted octanol–water partition coefficient (Wildman–Crippen LogP) is 3.23. The van der Waals surface area contributed by atoms with Crippen molar-refractivity contribution in [1.29, 1.82) is 0 Å². The second-order valence-corrected chi connectivity index (χ2v) is 5.05. The monoisotopic (exact) mass is 271 g/mol. The van der Waals surface area contributed by atoms with Crippen molar-refractivity contribution in [3.63, 3.8) is 0 Å². The first-order chi connectivity index (χ1) is 9.63. The van der Waals surface area contributed by atoms with Crippen LogP contribution in [0.25, 0.3) is 0 Å². The first-order valence-electron chi connectivity index (χ1n) is 6.92. The van der Waals surface area contributed by atoms with Crippen LogP contribution in [-0.2, 0) is 6.42 Å². The van der Waals surface area contributed by atoms with Crippen molar-refractivity contribution in [3.8, 4) is 5.88 Å². The van der Waals surface area contributed by atoms with Gasteiger partial charge in [-0.05, 0) is 32.8 Å². The quantitative estimate of drug-likeness (QED) is 0.876. The van der Waals surface area contributed by atoms with Gasteiger partial charge >= 0.3 is 0 Å². The zero-order valence-corrected chi connectivity index (χ0v) is 12.3. The van der Waals surface area contributed by atoms with Crippen molar-refractivity contribution in [2.75, 3.05) is 11.9 Å². The van der Waals surface area contributed by atoms with Gasteiger partial charge in [0.15, 0.2) is 0 Å². The minimum Gasteiger partial charge on any atom is -0.475 e. The Kier molecular flexibility index (Phi) is 4.93. The maximum absolute atomic E-state index is 5.54. The highest BCUT2D eigenvalue weighted by Crippen LogP contribution is 2.10. The van der Waals surface area contributed by atoms with Crippen LogP contribution in [0.5, 0.6) is 5.88 Å². The summed E-state index contributed by atoms with van der Waals surface area (Å²) in [5, 5.41) is 3.22. The van der Waals surface area contributed by atoms with E-state index in [1.54, 1.807) is 12.3 Å². The highest BCUT2D eigenvalue weighted by molar-refractivity contribution is 5.29. The second-order valence-electron chi connectivity index (χ2n) is 5.05. The Hall–Kier alpha value is -2.10. The average Bonchev–Trinajstić information content (AvgIpc) is 2.38. The van der Waals surface area contributed by atoms with Gasteiger partial charge in [0.25, 0.3) is 0 Å². The number of hydrogen-bond acceptors (Lipinski definition) is 4. The Morgan fingerprint density at radius 3 is 2.85 bits per heavy atom. The number of rotatable bonds is 6. The number of ether oxygens (including phenoxy) is 1. The van der Waals surface area contributed by atoms with Gasteiger partial charge in [-0.25, -0.2) is 4.98 Å². The van der Waals surface area contributed by atoms with E-state index in [0.717, 1.165) is 13.0 Å². The van der Waals surface area contributed by atoms with E-state index in [1.165, 1.54) is 11.1 Å². The maximum atomic E-state index is 5.54. The number of aryl methyl sites for hydroxylation is 1. The molecule has 0 unspecified atom stereocenters. The normalized spacial score (nSPS) is 10.6. The number of hydrogen-bond donors (Lipinski definition) is 1. The van der Waals surface area contributed by atoms with Gasteiger partial charge in [0.2, 0.25) is 11.8 Å². The summed E-state index contributed by atoms with van der Waals surface area (Å²) in [4.78, 5) is 8.51. The summed E-state index contributed by atoms with van der Waals surface area (Å²) in [5.74, 6) is 1.21. The number of nitrogens with one attached hydrogen (secondary N) is 1. The lowest BCUT2D eigenvalue weighted by Gasteiger charge is -2.10. The van der Waals surface area contributed by atoms with Gasteiger partial charge < -0.3 is 10.1 Å². The average molecular weight is 271 g/mol. The molecule has 0 amide bonds. The Bertz CT molecular complexity index is 555. The van der Waals surface area contributed by atoms with E-state index in [0.29, 0.717) is 11.8 Å². The Morgan fingerprint density at radius 2 is 2.10 bits per heavy atom. The van der Waals surface area contributed by atoms with Crippen LogP contribution in [0.3, 0.4) is 0 Å². The Balaban J connectivity index is 1.87. The SMILES string of the molecule is Cc1cccc(CCNc2nccc(OC(C)C)n2)c1. The molecule has 0 saturated carbocycles. The van der Waals surface area contributed by atoms with Crippen LogP contribution in [0.2, 0.25) is 0 Å². The largest absolute Gasteiger partial charge is 0.475 e. The standard InChI is InChI=1S/C16H21N3O/c1-12(2)20-15-8-10-18-16(19-15)17-9-7-14-6-4-5-13(3)11-14/h4-6,8,10-12H,7,9H2,1-3H3,(H,17,18,19). The van der Waals surface area contributed by atoms with Crippen LogP contribution in [-0.4, -0.2) is 22.6 Å². The minimum absolute atomic E-state index is 0.116. The summed E-state index contributed by atoms with van der Waals surface area (Å²) in [5.41, 5.74) is 2.60. The summed E-state index contributed by atoms with van der Waals surface area (Å²) in [6.07, 6.45) is 2.77. The first-order valence-corrected chi connectivity index (χ1v) is 6.92. The summed E-state index contributed by atoms with van der Waals surface area (Å²) in [7, 11) is 0. The van der Waals surface area contributed by atoms with Crippen molar-refractivity contribution in [2.45, 2.75) is 33.3 Å². The molecule has 0 spiro atoms. The molecule has 2 rings (SSSR count). The fourth-order valence-electron chi connectivity index (χ4n) is 1.92. The fourth-order valence-corrected chi connectivity index (χ4v) is 1.92. The number of nitrogens with zero attached hydrogens (tertiary/aromatic N) is 2. The molecule has 0 radical (unpaired) electrons. The van der Waals surface area contributed by atoms with Crippen LogP contribution in [0.1, 0.15) is 25.0 Å². The maximum Gasteiger partial charge on any atom is 0.225 e. The van der Waals surface area contributed by atoms with E-state index in [-0.39, 0.29) is 6.10 Å². The Morgan fingerprint density at radius 1 is 1.25 bits per heavy atom. The van der Waals surface area contributed by atoms with E-state index >= 15 is 0 Å². The van der Waals surface area contributed by atoms with Gasteiger partial charge in [0.1, 0.15) is 0 Å². The van der Waals surface area contributed by atoms with Crippen LogP contribution in [0.4, 0.5) is 5.95 Å². The van der Waals surface area contributed by atoms with Crippen molar-refractivity contribution >= 4 is 5.95 Å². The molecule has 1 aromatic heterocycles. The van der Waals surface area contributed by atoms with Gasteiger partial charge in [0, 0.05) is 18.8 Å². The molecule has 0 bridgehead atoms. The number of aromatic nitrogens is 2. The van der Waals surface area contributed by atoms with Crippen molar-refractivity contribution in [2.24, 2.45) is 0 Å². The summed E-state index contributed by atoms with van der Waals surface area (Å²) >= 11 is 0. The molecule has 0 aliphatic heterocycles. The molecule has 2 aromatic rings. The topological polar surface area (TPSA) is 47.0 Å². The number of anilines is 1. The molecule has 0 aliphatic rings. The summed E-state index contributed by atoms with van der Waals surface area (Å²) < 4.78 is 5.54. The van der Waals surface area contributed by atoms with Gasteiger partial charge in [-0.2, -0.15) is 4.98 Å². The van der Waals surface area contributed by atoms with Crippen molar-refractivity contribution in [3.05, 3.63) is 47.7 Å². The van der Waals surface area contributed by atoms with Crippen LogP contribution in [0, 0.1) is 6.92 Å². The molecule has 20 heavy (non-hydrogen) atoms. The van der Waals surface area contributed by atoms with Gasteiger partial charge in [-0.3, -0.25) is 0 Å². The molecular weight excluding hydrogens is 250 g/mol. The van der Waals surface area contributed by atoms with E-state index in [1.807, 2.05) is 13.8 Å². The second kappa shape index (κ2) is 6.89. The van der Waals surface area contributed by atoms with Crippen molar-refractivity contribution in [1.82, 2.24) is 9.97 Å². The third-order valence-corrected chi connectivity index (χ3v) is 2.77. The lowest BCUT2D eigenvalue weighted by Crippen LogP contribution is -2.11. The van der Waals surface area contributed by atoms with E-state index in [9.17, 15) is 0 Å². The minimum atomic E-state index is 0.116. The fraction of sp³-hybridized carbons (Fsp3) is 0.375. The molecular formula is C16H21N3O. The molecule has 4 nitrogen and oxygen atoms in total. The van der Waals surface area contributed by atoms with Crippen LogP contribution in [0.15, 0.2) is 36.5 Å². The summed E-state index contributed by atoms with van der Waals surface area (Å²) in [6.45, 7) is 6.86. The molecule has 0 saturated heterocycles.